The van der Waals surface area contributed by atoms with Crippen LogP contribution in [0.4, 0.5) is 9.18 Å². The maximum atomic E-state index is 12.7. The fourth-order valence-corrected chi connectivity index (χ4v) is 2.36. The van der Waals surface area contributed by atoms with Crippen molar-refractivity contribution in [2.75, 3.05) is 6.67 Å². The summed E-state index contributed by atoms with van der Waals surface area (Å²) in [5, 5.41) is 2.48. The van der Waals surface area contributed by atoms with Gasteiger partial charge in [-0.05, 0) is 81.6 Å². The lowest BCUT2D eigenvalue weighted by Crippen LogP contribution is -2.47. The van der Waals surface area contributed by atoms with Gasteiger partial charge in [-0.1, -0.05) is 0 Å². The lowest BCUT2D eigenvalue weighted by atomic mass is 9.94. The predicted molar refractivity (Wildman–Crippen MR) is 108 cm³/mol. The molecule has 0 aromatic rings. The van der Waals surface area contributed by atoms with Crippen LogP contribution in [-0.4, -0.2) is 47.6 Å². The zero-order chi connectivity index (χ0) is 23.0. The Hall–Kier alpha value is -1.86. The summed E-state index contributed by atoms with van der Waals surface area (Å²) < 4.78 is 28.7. The molecule has 0 fully saturated rings. The molecular weight excluding hydrogens is 380 g/mol. The largest absolute Gasteiger partial charge is 0.460 e. The Morgan fingerprint density at radius 2 is 1.24 bits per heavy atom. The molecule has 0 aromatic carbocycles. The van der Waals surface area contributed by atoms with Gasteiger partial charge in [0, 0.05) is 0 Å². The molecule has 0 bridgehead atoms. The summed E-state index contributed by atoms with van der Waals surface area (Å²) >= 11 is 0. The maximum Gasteiger partial charge on any atom is 0.408 e. The molecular formula is C21H38FNO6. The molecule has 0 unspecified atom stereocenters. The van der Waals surface area contributed by atoms with Crippen molar-refractivity contribution in [3.8, 4) is 0 Å². The first kappa shape index (κ1) is 27.1. The van der Waals surface area contributed by atoms with Crippen LogP contribution in [0.15, 0.2) is 0 Å². The number of esters is 2. The number of carbonyl (C=O) groups is 3. The van der Waals surface area contributed by atoms with Gasteiger partial charge < -0.3 is 19.5 Å². The molecule has 29 heavy (non-hydrogen) atoms. The standard InChI is InChI=1S/C21H38FNO6/c1-19(2,3)27-16(24)14(11-10-12-22)13-15(17(25)28-20(4,5)6)23-18(26)29-21(7,8)9/h14-15H,10-13H2,1-9H3,(H,23,26)/t14-,15+/m1/s1/i22-1. The molecule has 0 aliphatic rings. The summed E-state index contributed by atoms with van der Waals surface area (Å²) in [7, 11) is 0. The highest BCUT2D eigenvalue weighted by Gasteiger charge is 2.34. The third-order valence-corrected chi connectivity index (χ3v) is 3.33. The molecule has 8 heteroatoms. The Bertz CT molecular complexity index is 557. The van der Waals surface area contributed by atoms with E-state index in [1.165, 1.54) is 0 Å². The van der Waals surface area contributed by atoms with Gasteiger partial charge in [0.1, 0.15) is 22.8 Å². The topological polar surface area (TPSA) is 90.9 Å². The van der Waals surface area contributed by atoms with Crippen LogP contribution in [0.5, 0.6) is 0 Å². The van der Waals surface area contributed by atoms with Crippen LogP contribution in [0.2, 0.25) is 0 Å². The summed E-state index contributed by atoms with van der Waals surface area (Å²) in [5.74, 6) is -2.03. The van der Waals surface area contributed by atoms with Crippen LogP contribution in [0.3, 0.4) is 0 Å². The second kappa shape index (κ2) is 10.8. The Balaban J connectivity index is 5.53. The highest BCUT2D eigenvalue weighted by Crippen LogP contribution is 2.22. The van der Waals surface area contributed by atoms with E-state index in [1.807, 2.05) is 0 Å². The molecule has 0 heterocycles. The van der Waals surface area contributed by atoms with Crippen LogP contribution in [0.25, 0.3) is 0 Å². The summed E-state index contributed by atoms with van der Waals surface area (Å²) in [5.41, 5.74) is -2.28. The van der Waals surface area contributed by atoms with E-state index in [2.05, 4.69) is 5.32 Å². The van der Waals surface area contributed by atoms with Gasteiger partial charge in [0.2, 0.25) is 0 Å². The van der Waals surface area contributed by atoms with E-state index in [0.29, 0.717) is 0 Å². The smallest absolute Gasteiger partial charge is 0.408 e. The van der Waals surface area contributed by atoms with Crippen molar-refractivity contribution in [1.29, 1.82) is 0 Å². The van der Waals surface area contributed by atoms with E-state index < -0.39 is 53.5 Å². The van der Waals surface area contributed by atoms with Gasteiger partial charge in [0.25, 0.3) is 0 Å². The number of hydrogen-bond acceptors (Lipinski definition) is 6. The van der Waals surface area contributed by atoms with Crippen molar-refractivity contribution in [1.82, 2.24) is 5.32 Å². The highest BCUT2D eigenvalue weighted by molar-refractivity contribution is 5.83. The Morgan fingerprint density at radius 3 is 1.66 bits per heavy atom. The summed E-state index contributed by atoms with van der Waals surface area (Å²) in [6, 6.07) is -1.14. The number of hydrogen-bond donors (Lipinski definition) is 1. The number of rotatable bonds is 8. The monoisotopic (exact) mass is 418 g/mol. The summed E-state index contributed by atoms with van der Waals surface area (Å²) in [6.45, 7) is 14.7. The number of alkyl carbamates (subject to hydrolysis) is 1. The number of alkyl halides is 1. The molecule has 0 spiro atoms. The van der Waals surface area contributed by atoms with Crippen LogP contribution < -0.4 is 5.32 Å². The predicted octanol–water partition coefficient (Wildman–Crippen LogP) is 4.32. The van der Waals surface area contributed by atoms with Crippen molar-refractivity contribution < 1.29 is 33.0 Å². The van der Waals surface area contributed by atoms with Gasteiger partial charge in [-0.3, -0.25) is 9.18 Å². The zero-order valence-corrected chi connectivity index (χ0v) is 19.3. The van der Waals surface area contributed by atoms with Crippen LogP contribution in [-0.2, 0) is 23.8 Å². The molecule has 0 radical (unpaired) electrons. The van der Waals surface area contributed by atoms with Crippen molar-refractivity contribution >= 4 is 18.0 Å². The lowest BCUT2D eigenvalue weighted by molar-refractivity contribution is -0.163. The molecule has 0 aliphatic heterocycles. The van der Waals surface area contributed by atoms with Gasteiger partial charge in [-0.25, -0.2) is 9.59 Å². The first-order valence-corrected chi connectivity index (χ1v) is 9.95. The fourth-order valence-electron chi connectivity index (χ4n) is 2.36. The first-order valence-electron chi connectivity index (χ1n) is 9.95. The molecule has 2 atom stereocenters. The molecule has 1 amide bonds. The third-order valence-electron chi connectivity index (χ3n) is 3.33. The summed E-state index contributed by atoms with van der Waals surface area (Å²) in [4.78, 5) is 37.5. The quantitative estimate of drug-likeness (QED) is 0.466. The number of ether oxygens (including phenoxy) is 3. The van der Waals surface area contributed by atoms with E-state index in [1.54, 1.807) is 62.3 Å². The SMILES string of the molecule is CC(C)(C)OC(=O)N[C@@H](C[C@@H](CCC[18F])C(=O)OC(C)(C)C)C(=O)OC(C)(C)C. The van der Waals surface area contributed by atoms with Crippen LogP contribution >= 0.6 is 0 Å². The minimum atomic E-state index is -1.14. The van der Waals surface area contributed by atoms with Gasteiger partial charge in [-0.2, -0.15) is 0 Å². The van der Waals surface area contributed by atoms with Crippen LogP contribution in [0.1, 0.15) is 81.6 Å². The maximum absolute atomic E-state index is 12.7. The molecule has 0 aromatic heterocycles. The minimum Gasteiger partial charge on any atom is -0.460 e. The molecule has 0 aliphatic carbocycles. The average molecular weight is 419 g/mol. The minimum absolute atomic E-state index is 0.0803. The summed E-state index contributed by atoms with van der Waals surface area (Å²) in [6.07, 6.45) is -0.567. The van der Waals surface area contributed by atoms with Gasteiger partial charge >= 0.3 is 18.0 Å². The Labute approximate surface area is 174 Å². The zero-order valence-electron chi connectivity index (χ0n) is 19.3. The number of amides is 1. The lowest BCUT2D eigenvalue weighted by Gasteiger charge is -2.29. The molecule has 0 saturated heterocycles. The Kier molecular flexibility index (Phi) is 10.1. The van der Waals surface area contributed by atoms with Crippen LogP contribution in [0, 0.1) is 5.92 Å². The highest BCUT2D eigenvalue weighted by atomic mass is 18.2. The molecule has 0 rings (SSSR count). The van der Waals surface area contributed by atoms with E-state index in [0.717, 1.165) is 0 Å². The van der Waals surface area contributed by atoms with Gasteiger partial charge in [0.15, 0.2) is 0 Å². The average Bonchev–Trinajstić information content (AvgIpc) is 2.44. The molecule has 0 saturated carbocycles. The second-order valence-electron chi connectivity index (χ2n) is 10.0. The molecule has 170 valence electrons. The Morgan fingerprint density at radius 1 is 0.793 bits per heavy atom. The van der Waals surface area contributed by atoms with Gasteiger partial charge in [0.05, 0.1) is 12.6 Å². The number of halogens is 1. The normalized spacial score (nSPS) is 14.6. The molecule has 7 nitrogen and oxygen atoms in total. The first-order chi connectivity index (χ1) is 12.9. The fraction of sp³-hybridized carbons (Fsp3) is 0.857. The van der Waals surface area contributed by atoms with Crippen molar-refractivity contribution in [2.45, 2.75) is 104 Å². The third kappa shape index (κ3) is 13.9. The van der Waals surface area contributed by atoms with Gasteiger partial charge in [-0.15, -0.1) is 0 Å². The number of nitrogens with one attached hydrogen (secondary N) is 1. The molecule has 1 N–H and O–H groups in total. The second-order valence-corrected chi connectivity index (χ2v) is 10.0. The van der Waals surface area contributed by atoms with E-state index >= 15 is 0 Å². The number of carbonyl (C=O) groups excluding carboxylic acids is 3. The van der Waals surface area contributed by atoms with Crippen molar-refractivity contribution in [3.05, 3.63) is 0 Å². The van der Waals surface area contributed by atoms with E-state index in [9.17, 15) is 18.8 Å². The van der Waals surface area contributed by atoms with E-state index in [4.69, 9.17) is 14.2 Å². The van der Waals surface area contributed by atoms with Crippen molar-refractivity contribution in [2.24, 2.45) is 5.92 Å². The van der Waals surface area contributed by atoms with E-state index in [-0.39, 0.29) is 19.3 Å². The van der Waals surface area contributed by atoms with Crippen molar-refractivity contribution in [3.63, 3.8) is 0 Å².